The molecule has 1 aromatic heterocycles. The summed E-state index contributed by atoms with van der Waals surface area (Å²) in [7, 11) is 0. The number of halogens is 3. The molecule has 1 atom stereocenters. The van der Waals surface area contributed by atoms with Crippen molar-refractivity contribution in [2.75, 3.05) is 0 Å². The van der Waals surface area contributed by atoms with Crippen LogP contribution in [0.4, 0.5) is 13.2 Å². The molecular formula is C15H23F3N4. The monoisotopic (exact) mass is 316 g/mol. The van der Waals surface area contributed by atoms with Gasteiger partial charge in [0.05, 0.1) is 12.5 Å². The molecule has 0 saturated heterocycles. The van der Waals surface area contributed by atoms with Crippen LogP contribution < -0.4 is 5.32 Å². The molecule has 1 fully saturated rings. The van der Waals surface area contributed by atoms with Crippen molar-refractivity contribution in [3.8, 4) is 0 Å². The summed E-state index contributed by atoms with van der Waals surface area (Å²) in [5.74, 6) is 0.0685. The first-order valence-electron chi connectivity index (χ1n) is 8.25. The van der Waals surface area contributed by atoms with Crippen LogP contribution in [0, 0.1) is 5.92 Å². The van der Waals surface area contributed by atoms with E-state index in [1.165, 1.54) is 25.7 Å². The second-order valence-electron chi connectivity index (χ2n) is 6.49. The van der Waals surface area contributed by atoms with E-state index in [-0.39, 0.29) is 13.0 Å². The number of aryl methyl sites for hydroxylation is 1. The van der Waals surface area contributed by atoms with Crippen LogP contribution in [0.2, 0.25) is 0 Å². The Kier molecular flexibility index (Phi) is 4.70. The van der Waals surface area contributed by atoms with E-state index in [9.17, 15) is 13.2 Å². The lowest BCUT2D eigenvalue weighted by Crippen LogP contribution is -2.34. The fourth-order valence-corrected chi connectivity index (χ4v) is 3.50. The topological polar surface area (TPSA) is 42.7 Å². The highest BCUT2D eigenvalue weighted by Gasteiger charge is 2.42. The molecule has 124 valence electrons. The Morgan fingerprint density at radius 3 is 2.45 bits per heavy atom. The maximum Gasteiger partial charge on any atom is 0.393 e. The number of rotatable bonds is 3. The SMILES string of the molecule is FC(F)(F)[C@@H]1CCc2nnc(CNC3CCCCCC3)n2C1. The van der Waals surface area contributed by atoms with Crippen molar-refractivity contribution in [2.45, 2.75) is 76.7 Å². The minimum Gasteiger partial charge on any atom is -0.313 e. The van der Waals surface area contributed by atoms with Gasteiger partial charge in [0.2, 0.25) is 0 Å². The number of aromatic nitrogens is 3. The first kappa shape index (κ1) is 15.8. The third-order valence-corrected chi connectivity index (χ3v) is 4.89. The standard InChI is InChI=1S/C15H23F3N4/c16-15(17,18)11-7-8-13-20-21-14(22(13)10-11)9-19-12-5-3-1-2-4-6-12/h11-12,19H,1-10H2/t11-/m1/s1. The molecule has 0 unspecified atom stereocenters. The normalized spacial score (nSPS) is 24.0. The third-order valence-electron chi connectivity index (χ3n) is 4.89. The first-order valence-corrected chi connectivity index (χ1v) is 8.25. The largest absolute Gasteiger partial charge is 0.393 e. The number of nitrogens with zero attached hydrogens (tertiary/aromatic N) is 3. The highest BCUT2D eigenvalue weighted by molar-refractivity contribution is 5.01. The molecule has 1 N–H and O–H groups in total. The van der Waals surface area contributed by atoms with Gasteiger partial charge in [-0.1, -0.05) is 25.7 Å². The van der Waals surface area contributed by atoms with Crippen molar-refractivity contribution in [2.24, 2.45) is 5.92 Å². The average molecular weight is 316 g/mol. The van der Waals surface area contributed by atoms with Gasteiger partial charge in [0.25, 0.3) is 0 Å². The zero-order chi connectivity index (χ0) is 15.6. The van der Waals surface area contributed by atoms with Gasteiger partial charge in [-0.15, -0.1) is 10.2 Å². The van der Waals surface area contributed by atoms with Crippen LogP contribution in [0.1, 0.15) is 56.6 Å². The summed E-state index contributed by atoms with van der Waals surface area (Å²) < 4.78 is 40.4. The van der Waals surface area contributed by atoms with Gasteiger partial charge >= 0.3 is 6.18 Å². The Morgan fingerprint density at radius 2 is 1.77 bits per heavy atom. The lowest BCUT2D eigenvalue weighted by Gasteiger charge is -2.26. The summed E-state index contributed by atoms with van der Waals surface area (Å²) in [5.41, 5.74) is 0. The molecule has 0 spiro atoms. The average Bonchev–Trinajstić information content (AvgIpc) is 2.70. The zero-order valence-corrected chi connectivity index (χ0v) is 12.7. The summed E-state index contributed by atoms with van der Waals surface area (Å²) in [6, 6.07) is 0.456. The minimum atomic E-state index is -4.13. The van der Waals surface area contributed by atoms with Crippen molar-refractivity contribution in [3.63, 3.8) is 0 Å². The number of hydrogen-bond acceptors (Lipinski definition) is 3. The Bertz CT molecular complexity index is 489. The lowest BCUT2D eigenvalue weighted by molar-refractivity contribution is -0.182. The Labute approximate surface area is 128 Å². The summed E-state index contributed by atoms with van der Waals surface area (Å²) in [6.07, 6.45) is 3.67. The quantitative estimate of drug-likeness (QED) is 0.871. The van der Waals surface area contributed by atoms with Gasteiger partial charge in [-0.2, -0.15) is 13.2 Å². The molecule has 3 rings (SSSR count). The number of alkyl halides is 3. The molecule has 0 bridgehead atoms. The van der Waals surface area contributed by atoms with Crippen molar-refractivity contribution < 1.29 is 13.2 Å². The van der Waals surface area contributed by atoms with Gasteiger partial charge in [0.15, 0.2) is 0 Å². The van der Waals surface area contributed by atoms with Crippen LogP contribution in [0.25, 0.3) is 0 Å². The number of hydrogen-bond donors (Lipinski definition) is 1. The maximum absolute atomic E-state index is 12.9. The van der Waals surface area contributed by atoms with Gasteiger partial charge in [0, 0.05) is 19.0 Å². The van der Waals surface area contributed by atoms with Gasteiger partial charge in [-0.25, -0.2) is 0 Å². The Hall–Kier alpha value is -1.11. The van der Waals surface area contributed by atoms with Crippen LogP contribution in [0.15, 0.2) is 0 Å². The van der Waals surface area contributed by atoms with Gasteiger partial charge < -0.3 is 9.88 Å². The minimum absolute atomic E-state index is 0.0342. The van der Waals surface area contributed by atoms with Crippen molar-refractivity contribution in [1.82, 2.24) is 20.1 Å². The molecule has 0 amide bonds. The first-order chi connectivity index (χ1) is 10.5. The van der Waals surface area contributed by atoms with E-state index in [1.807, 2.05) is 0 Å². The molecule has 4 nitrogen and oxygen atoms in total. The molecule has 1 saturated carbocycles. The van der Waals surface area contributed by atoms with Crippen LogP contribution in [-0.2, 0) is 19.5 Å². The molecule has 2 heterocycles. The molecule has 7 heteroatoms. The van der Waals surface area contributed by atoms with E-state index in [2.05, 4.69) is 15.5 Å². The summed E-state index contributed by atoms with van der Waals surface area (Å²) >= 11 is 0. The number of fused-ring (bicyclic) bond motifs is 1. The third kappa shape index (κ3) is 3.62. The second-order valence-corrected chi connectivity index (χ2v) is 6.49. The molecular weight excluding hydrogens is 293 g/mol. The Morgan fingerprint density at radius 1 is 1.05 bits per heavy atom. The van der Waals surface area contributed by atoms with Crippen molar-refractivity contribution in [3.05, 3.63) is 11.6 Å². The molecule has 0 aromatic carbocycles. The zero-order valence-electron chi connectivity index (χ0n) is 12.7. The molecule has 2 aliphatic rings. The fourth-order valence-electron chi connectivity index (χ4n) is 3.50. The number of nitrogens with one attached hydrogen (secondary N) is 1. The highest BCUT2D eigenvalue weighted by atomic mass is 19.4. The predicted octanol–water partition coefficient (Wildman–Crippen LogP) is 3.22. The summed E-state index contributed by atoms with van der Waals surface area (Å²) in [5, 5.41) is 11.6. The molecule has 0 radical (unpaired) electrons. The van der Waals surface area contributed by atoms with Crippen LogP contribution in [0.5, 0.6) is 0 Å². The molecule has 1 aliphatic carbocycles. The van der Waals surface area contributed by atoms with E-state index >= 15 is 0 Å². The van der Waals surface area contributed by atoms with E-state index < -0.39 is 12.1 Å². The van der Waals surface area contributed by atoms with E-state index in [1.54, 1.807) is 4.57 Å². The molecule has 1 aliphatic heterocycles. The van der Waals surface area contributed by atoms with Crippen LogP contribution in [-0.4, -0.2) is 27.0 Å². The smallest absolute Gasteiger partial charge is 0.313 e. The summed E-state index contributed by atoms with van der Waals surface area (Å²) in [4.78, 5) is 0. The predicted molar refractivity (Wildman–Crippen MR) is 76.2 cm³/mol. The maximum atomic E-state index is 12.9. The van der Waals surface area contributed by atoms with Crippen molar-refractivity contribution >= 4 is 0 Å². The van der Waals surface area contributed by atoms with Crippen LogP contribution in [0.3, 0.4) is 0 Å². The highest BCUT2D eigenvalue weighted by Crippen LogP contribution is 2.34. The van der Waals surface area contributed by atoms with Gasteiger partial charge in [0.1, 0.15) is 11.6 Å². The van der Waals surface area contributed by atoms with Crippen molar-refractivity contribution in [1.29, 1.82) is 0 Å². The fraction of sp³-hybridized carbons (Fsp3) is 0.867. The molecule has 1 aromatic rings. The van der Waals surface area contributed by atoms with E-state index in [0.29, 0.717) is 30.7 Å². The lowest BCUT2D eigenvalue weighted by atomic mass is 9.99. The van der Waals surface area contributed by atoms with Crippen LogP contribution >= 0.6 is 0 Å². The van der Waals surface area contributed by atoms with E-state index in [0.717, 1.165) is 12.8 Å². The Balaban J connectivity index is 1.62. The second kappa shape index (κ2) is 6.56. The molecule has 22 heavy (non-hydrogen) atoms. The van der Waals surface area contributed by atoms with Gasteiger partial charge in [-0.05, 0) is 19.3 Å². The van der Waals surface area contributed by atoms with Gasteiger partial charge in [-0.3, -0.25) is 0 Å². The van der Waals surface area contributed by atoms with E-state index in [4.69, 9.17) is 0 Å². The summed E-state index contributed by atoms with van der Waals surface area (Å²) in [6.45, 7) is 0.482.